The van der Waals surface area contributed by atoms with Gasteiger partial charge in [0.1, 0.15) is 11.5 Å². The maximum Gasteiger partial charge on any atom is 0.264 e. The van der Waals surface area contributed by atoms with Crippen molar-refractivity contribution in [3.8, 4) is 11.5 Å². The Morgan fingerprint density at radius 1 is 0.966 bits per heavy atom. The van der Waals surface area contributed by atoms with Gasteiger partial charge in [0.25, 0.3) is 15.9 Å². The van der Waals surface area contributed by atoms with Gasteiger partial charge in [-0.2, -0.15) is 0 Å². The second-order valence-corrected chi connectivity index (χ2v) is 7.40. The highest BCUT2D eigenvalue weighted by Crippen LogP contribution is 2.18. The van der Waals surface area contributed by atoms with E-state index in [4.69, 9.17) is 9.47 Å². The van der Waals surface area contributed by atoms with Gasteiger partial charge in [-0.15, -0.1) is 0 Å². The Hall–Kier alpha value is -3.66. The van der Waals surface area contributed by atoms with Crippen LogP contribution in [-0.2, 0) is 14.8 Å². The van der Waals surface area contributed by atoms with Gasteiger partial charge in [-0.05, 0) is 54.6 Å². The fourth-order valence-electron chi connectivity index (χ4n) is 2.27. The maximum absolute atomic E-state index is 12.3. The van der Waals surface area contributed by atoms with Crippen LogP contribution in [0.5, 0.6) is 11.5 Å². The molecule has 10 heteroatoms. The molecular weight excluding hydrogens is 396 g/mol. The van der Waals surface area contributed by atoms with Gasteiger partial charge < -0.3 is 14.8 Å². The minimum atomic E-state index is -3.83. The van der Waals surface area contributed by atoms with E-state index < -0.39 is 10.0 Å². The van der Waals surface area contributed by atoms with E-state index in [1.54, 1.807) is 37.4 Å². The van der Waals surface area contributed by atoms with Crippen molar-refractivity contribution in [2.45, 2.75) is 4.90 Å². The van der Waals surface area contributed by atoms with Crippen molar-refractivity contribution in [1.82, 2.24) is 9.97 Å². The van der Waals surface area contributed by atoms with E-state index in [0.29, 0.717) is 17.2 Å². The number of aromatic nitrogens is 2. The Morgan fingerprint density at radius 2 is 1.59 bits per heavy atom. The highest BCUT2D eigenvalue weighted by atomic mass is 32.2. The molecule has 3 aromatic rings. The summed E-state index contributed by atoms with van der Waals surface area (Å²) in [6.45, 7) is -0.195. The lowest BCUT2D eigenvalue weighted by molar-refractivity contribution is -0.118. The van der Waals surface area contributed by atoms with Crippen molar-refractivity contribution in [3.63, 3.8) is 0 Å². The summed E-state index contributed by atoms with van der Waals surface area (Å²) in [5.74, 6) is 0.801. The SMILES string of the molecule is COc1ccc(OCC(=O)Nc2ccc(S(=O)(=O)Nc3ncccn3)cc2)cc1. The van der Waals surface area contributed by atoms with E-state index >= 15 is 0 Å². The van der Waals surface area contributed by atoms with E-state index in [2.05, 4.69) is 20.0 Å². The first-order valence-corrected chi connectivity index (χ1v) is 9.91. The molecule has 9 nitrogen and oxygen atoms in total. The molecule has 0 unspecified atom stereocenters. The van der Waals surface area contributed by atoms with Crippen molar-refractivity contribution in [1.29, 1.82) is 0 Å². The fraction of sp³-hybridized carbons (Fsp3) is 0.105. The van der Waals surface area contributed by atoms with Crippen molar-refractivity contribution in [2.75, 3.05) is 23.8 Å². The highest BCUT2D eigenvalue weighted by molar-refractivity contribution is 7.92. The van der Waals surface area contributed by atoms with E-state index in [-0.39, 0.29) is 23.4 Å². The summed E-state index contributed by atoms with van der Waals surface area (Å²) in [5.41, 5.74) is 0.434. The molecule has 0 aliphatic heterocycles. The van der Waals surface area contributed by atoms with E-state index in [1.807, 2.05) is 0 Å². The fourth-order valence-corrected chi connectivity index (χ4v) is 3.22. The number of anilines is 2. The number of ether oxygens (including phenoxy) is 2. The van der Waals surface area contributed by atoms with Crippen molar-refractivity contribution >= 4 is 27.6 Å². The molecule has 1 heterocycles. The van der Waals surface area contributed by atoms with Gasteiger partial charge in [-0.25, -0.2) is 23.1 Å². The molecule has 3 rings (SSSR count). The molecule has 0 radical (unpaired) electrons. The molecule has 150 valence electrons. The van der Waals surface area contributed by atoms with Gasteiger partial charge in [-0.1, -0.05) is 0 Å². The Kier molecular flexibility index (Phi) is 6.25. The van der Waals surface area contributed by atoms with Gasteiger partial charge >= 0.3 is 0 Å². The molecule has 2 aromatic carbocycles. The quantitative estimate of drug-likeness (QED) is 0.580. The zero-order valence-corrected chi connectivity index (χ0v) is 16.2. The van der Waals surface area contributed by atoms with Gasteiger partial charge in [0, 0.05) is 18.1 Å². The van der Waals surface area contributed by atoms with Crippen LogP contribution in [0.1, 0.15) is 0 Å². The number of rotatable bonds is 8. The number of methoxy groups -OCH3 is 1. The molecule has 0 fully saturated rings. The Labute approximate surface area is 167 Å². The lowest BCUT2D eigenvalue weighted by Crippen LogP contribution is -2.20. The summed E-state index contributed by atoms with van der Waals surface area (Å²) in [5, 5.41) is 2.63. The third kappa shape index (κ3) is 5.66. The Bertz CT molecular complexity index is 1060. The average molecular weight is 414 g/mol. The maximum atomic E-state index is 12.3. The molecule has 2 N–H and O–H groups in total. The summed E-state index contributed by atoms with van der Waals surface area (Å²) in [6, 6.07) is 14.1. The first kappa shape index (κ1) is 20.1. The molecule has 0 spiro atoms. The molecule has 0 saturated carbocycles. The van der Waals surface area contributed by atoms with E-state index in [0.717, 1.165) is 0 Å². The number of sulfonamides is 1. The first-order chi connectivity index (χ1) is 14.0. The predicted octanol–water partition coefficient (Wildman–Crippen LogP) is 2.30. The summed E-state index contributed by atoms with van der Waals surface area (Å²) < 4.78 is 37.4. The minimum Gasteiger partial charge on any atom is -0.497 e. The molecule has 0 bridgehead atoms. The van der Waals surface area contributed by atoms with Gasteiger partial charge in [0.15, 0.2) is 6.61 Å². The highest BCUT2D eigenvalue weighted by Gasteiger charge is 2.15. The van der Waals surface area contributed by atoms with E-state index in [1.165, 1.54) is 36.7 Å². The summed E-state index contributed by atoms with van der Waals surface area (Å²) >= 11 is 0. The van der Waals surface area contributed by atoms with Crippen molar-refractivity contribution in [3.05, 3.63) is 67.0 Å². The molecule has 0 aliphatic rings. The van der Waals surface area contributed by atoms with Gasteiger partial charge in [-0.3, -0.25) is 4.79 Å². The van der Waals surface area contributed by atoms with Crippen LogP contribution in [0.25, 0.3) is 0 Å². The number of carbonyl (C=O) groups is 1. The zero-order valence-electron chi connectivity index (χ0n) is 15.4. The Morgan fingerprint density at radius 3 is 2.21 bits per heavy atom. The smallest absolute Gasteiger partial charge is 0.264 e. The molecule has 0 atom stereocenters. The first-order valence-electron chi connectivity index (χ1n) is 8.43. The molecule has 0 saturated heterocycles. The second-order valence-electron chi connectivity index (χ2n) is 5.71. The third-order valence-electron chi connectivity index (χ3n) is 3.67. The van der Waals surface area contributed by atoms with Crippen LogP contribution >= 0.6 is 0 Å². The number of benzene rings is 2. The Balaban J connectivity index is 1.56. The molecule has 1 aromatic heterocycles. The minimum absolute atomic E-state index is 0.0115. The number of carbonyl (C=O) groups excluding carboxylic acids is 1. The van der Waals surface area contributed by atoms with E-state index in [9.17, 15) is 13.2 Å². The summed E-state index contributed by atoms with van der Waals surface area (Å²) in [7, 11) is -2.27. The van der Waals surface area contributed by atoms with Crippen LogP contribution in [-0.4, -0.2) is 38.0 Å². The average Bonchev–Trinajstić information content (AvgIpc) is 2.73. The normalized spacial score (nSPS) is 10.8. The summed E-state index contributed by atoms with van der Waals surface area (Å²) in [4.78, 5) is 19.7. The van der Waals surface area contributed by atoms with Gasteiger partial charge in [0.2, 0.25) is 5.95 Å². The van der Waals surface area contributed by atoms with Crippen LogP contribution in [0.2, 0.25) is 0 Å². The van der Waals surface area contributed by atoms with Crippen molar-refractivity contribution in [2.24, 2.45) is 0 Å². The van der Waals surface area contributed by atoms with Crippen LogP contribution in [0, 0.1) is 0 Å². The monoisotopic (exact) mass is 414 g/mol. The molecule has 0 aliphatic carbocycles. The van der Waals surface area contributed by atoms with Crippen LogP contribution in [0.4, 0.5) is 11.6 Å². The van der Waals surface area contributed by atoms with Crippen LogP contribution in [0.15, 0.2) is 71.9 Å². The van der Waals surface area contributed by atoms with Crippen LogP contribution < -0.4 is 19.5 Å². The lowest BCUT2D eigenvalue weighted by atomic mass is 10.3. The molecule has 1 amide bonds. The topological polar surface area (TPSA) is 120 Å². The standard InChI is InChI=1S/C19H18N4O5S/c1-27-15-5-7-16(8-6-15)28-13-18(24)22-14-3-9-17(10-4-14)29(25,26)23-19-20-11-2-12-21-19/h2-12H,13H2,1H3,(H,22,24)(H,20,21,23). The third-order valence-corrected chi connectivity index (χ3v) is 5.01. The molecule has 29 heavy (non-hydrogen) atoms. The second kappa shape index (κ2) is 9.02. The molecular formula is C19H18N4O5S. The lowest BCUT2D eigenvalue weighted by Gasteiger charge is -2.09. The van der Waals surface area contributed by atoms with Gasteiger partial charge in [0.05, 0.1) is 12.0 Å². The number of amides is 1. The number of hydrogen-bond acceptors (Lipinski definition) is 7. The predicted molar refractivity (Wildman–Crippen MR) is 106 cm³/mol. The largest absolute Gasteiger partial charge is 0.497 e. The van der Waals surface area contributed by atoms with Crippen LogP contribution in [0.3, 0.4) is 0 Å². The summed E-state index contributed by atoms with van der Waals surface area (Å²) in [6.07, 6.45) is 2.86. The van der Waals surface area contributed by atoms with Crippen molar-refractivity contribution < 1.29 is 22.7 Å². The number of nitrogens with zero attached hydrogens (tertiary/aromatic N) is 2. The number of nitrogens with one attached hydrogen (secondary N) is 2. The number of hydrogen-bond donors (Lipinski definition) is 2. The zero-order chi connectivity index (χ0) is 20.7.